The Balaban J connectivity index is 1.85. The lowest BCUT2D eigenvalue weighted by Crippen LogP contribution is -2.02. The van der Waals surface area contributed by atoms with Crippen LogP contribution < -0.4 is 0 Å². The molecule has 0 atom stereocenters. The lowest BCUT2D eigenvalue weighted by molar-refractivity contribution is 0.0697. The number of hydrogen-bond acceptors (Lipinski definition) is 3. The second-order valence-electron chi connectivity index (χ2n) is 5.74. The van der Waals surface area contributed by atoms with Gasteiger partial charge in [0, 0.05) is 18.3 Å². The molecule has 0 aliphatic heterocycles. The zero-order valence-corrected chi connectivity index (χ0v) is 13.3. The largest absolute Gasteiger partial charge is 0.478 e. The highest BCUT2D eigenvalue weighted by molar-refractivity contribution is 5.88. The molecule has 0 amide bonds. The van der Waals surface area contributed by atoms with Gasteiger partial charge in [-0.1, -0.05) is 42.5 Å². The van der Waals surface area contributed by atoms with Gasteiger partial charge in [0.25, 0.3) is 0 Å². The van der Waals surface area contributed by atoms with Crippen molar-refractivity contribution in [3.63, 3.8) is 0 Å². The van der Waals surface area contributed by atoms with Crippen LogP contribution in [0, 0.1) is 0 Å². The number of aromatic nitrogens is 3. The number of aromatic carboxylic acids is 1. The normalized spacial score (nSPS) is 10.9. The molecule has 0 fully saturated rings. The quantitative estimate of drug-likeness (QED) is 0.617. The van der Waals surface area contributed by atoms with Crippen LogP contribution in [0.15, 0.2) is 72.9 Å². The van der Waals surface area contributed by atoms with E-state index in [4.69, 9.17) is 5.11 Å². The van der Waals surface area contributed by atoms with Crippen LogP contribution in [0.1, 0.15) is 15.9 Å². The molecule has 0 saturated carbocycles. The smallest absolute Gasteiger partial charge is 0.335 e. The number of nitrogens with zero attached hydrogens (tertiary/aromatic N) is 3. The fourth-order valence-corrected chi connectivity index (χ4v) is 2.87. The van der Waals surface area contributed by atoms with Crippen molar-refractivity contribution in [3.05, 3.63) is 84.1 Å². The first-order chi connectivity index (χ1) is 12.2. The summed E-state index contributed by atoms with van der Waals surface area (Å²) in [6, 6.07) is 20.8. The van der Waals surface area contributed by atoms with Crippen LogP contribution in [0.2, 0.25) is 0 Å². The number of carbonyl (C=O) groups is 1. The topological polar surface area (TPSA) is 68.0 Å². The van der Waals surface area contributed by atoms with E-state index in [1.54, 1.807) is 30.5 Å². The Morgan fingerprint density at radius 3 is 2.44 bits per heavy atom. The zero-order valence-electron chi connectivity index (χ0n) is 13.3. The Labute approximate surface area is 144 Å². The summed E-state index contributed by atoms with van der Waals surface area (Å²) in [5.41, 5.74) is 3.90. The van der Waals surface area contributed by atoms with Crippen LogP contribution in [-0.4, -0.2) is 25.6 Å². The Bertz CT molecular complexity index is 1040. The van der Waals surface area contributed by atoms with Crippen molar-refractivity contribution in [2.45, 2.75) is 6.54 Å². The molecule has 4 rings (SSSR count). The SMILES string of the molecule is O=C(O)c1ccc(-c2nc3ncccc3n2Cc2ccccc2)cc1. The third kappa shape index (κ3) is 2.87. The lowest BCUT2D eigenvalue weighted by Gasteiger charge is -2.09. The van der Waals surface area contributed by atoms with Crippen molar-refractivity contribution < 1.29 is 9.90 Å². The molecular weight excluding hydrogens is 314 g/mol. The number of fused-ring (bicyclic) bond motifs is 1. The summed E-state index contributed by atoms with van der Waals surface area (Å²) >= 11 is 0. The van der Waals surface area contributed by atoms with Crippen molar-refractivity contribution in [1.82, 2.24) is 14.5 Å². The van der Waals surface area contributed by atoms with Crippen molar-refractivity contribution >= 4 is 17.1 Å². The molecule has 4 aromatic rings. The van der Waals surface area contributed by atoms with Gasteiger partial charge in [0.1, 0.15) is 5.82 Å². The van der Waals surface area contributed by atoms with Gasteiger partial charge in [0.2, 0.25) is 0 Å². The maximum Gasteiger partial charge on any atom is 0.335 e. The average molecular weight is 329 g/mol. The number of carboxylic acid groups (broad SMARTS) is 1. The standard InChI is InChI=1S/C20H15N3O2/c24-20(25)16-10-8-15(9-11-16)19-22-18-17(7-4-12-21-18)23(19)13-14-5-2-1-3-6-14/h1-12H,13H2,(H,24,25). The van der Waals surface area contributed by atoms with E-state index in [0.717, 1.165) is 22.5 Å². The van der Waals surface area contributed by atoms with Crippen LogP contribution in [0.25, 0.3) is 22.6 Å². The Morgan fingerprint density at radius 1 is 0.960 bits per heavy atom. The molecule has 2 heterocycles. The number of hydrogen-bond donors (Lipinski definition) is 1. The van der Waals surface area contributed by atoms with Crippen molar-refractivity contribution in [1.29, 1.82) is 0 Å². The second-order valence-corrected chi connectivity index (χ2v) is 5.74. The molecule has 25 heavy (non-hydrogen) atoms. The molecular formula is C20H15N3O2. The van der Waals surface area contributed by atoms with Crippen LogP contribution in [-0.2, 0) is 6.54 Å². The van der Waals surface area contributed by atoms with E-state index < -0.39 is 5.97 Å². The van der Waals surface area contributed by atoms with E-state index in [0.29, 0.717) is 12.2 Å². The van der Waals surface area contributed by atoms with Gasteiger partial charge >= 0.3 is 5.97 Å². The highest BCUT2D eigenvalue weighted by atomic mass is 16.4. The van der Waals surface area contributed by atoms with Gasteiger partial charge in [-0.25, -0.2) is 14.8 Å². The molecule has 0 aliphatic carbocycles. The summed E-state index contributed by atoms with van der Waals surface area (Å²) in [6.45, 7) is 0.666. The molecule has 2 aromatic carbocycles. The first-order valence-corrected chi connectivity index (χ1v) is 7.91. The number of carboxylic acids is 1. The minimum atomic E-state index is -0.939. The monoisotopic (exact) mass is 329 g/mol. The van der Waals surface area contributed by atoms with Gasteiger partial charge in [0.05, 0.1) is 11.1 Å². The minimum Gasteiger partial charge on any atom is -0.478 e. The number of imidazole rings is 1. The summed E-state index contributed by atoms with van der Waals surface area (Å²) in [6.07, 6.45) is 1.72. The fraction of sp³-hybridized carbons (Fsp3) is 0.0500. The van der Waals surface area contributed by atoms with E-state index in [1.807, 2.05) is 30.3 Å². The molecule has 0 spiro atoms. The summed E-state index contributed by atoms with van der Waals surface area (Å²) < 4.78 is 2.10. The maximum absolute atomic E-state index is 11.1. The van der Waals surface area contributed by atoms with E-state index in [1.165, 1.54) is 0 Å². The predicted octanol–water partition coefficient (Wildman–Crippen LogP) is 3.84. The van der Waals surface area contributed by atoms with Gasteiger partial charge in [-0.05, 0) is 29.8 Å². The van der Waals surface area contributed by atoms with E-state index in [9.17, 15) is 4.79 Å². The van der Waals surface area contributed by atoms with Gasteiger partial charge in [-0.3, -0.25) is 0 Å². The molecule has 1 N–H and O–H groups in total. The Kier molecular flexibility index (Phi) is 3.74. The van der Waals surface area contributed by atoms with Crippen LogP contribution in [0.3, 0.4) is 0 Å². The third-order valence-electron chi connectivity index (χ3n) is 4.10. The van der Waals surface area contributed by atoms with Gasteiger partial charge in [-0.15, -0.1) is 0 Å². The first kappa shape index (κ1) is 15.1. The molecule has 5 nitrogen and oxygen atoms in total. The lowest BCUT2D eigenvalue weighted by atomic mass is 10.1. The molecule has 0 aliphatic rings. The van der Waals surface area contributed by atoms with E-state index in [2.05, 4.69) is 26.7 Å². The summed E-state index contributed by atoms with van der Waals surface area (Å²) in [4.78, 5) is 20.1. The highest BCUT2D eigenvalue weighted by Crippen LogP contribution is 2.25. The number of pyridine rings is 1. The average Bonchev–Trinajstić information content (AvgIpc) is 3.01. The second kappa shape index (κ2) is 6.20. The summed E-state index contributed by atoms with van der Waals surface area (Å²) in [5.74, 6) is -0.166. The molecule has 2 aromatic heterocycles. The first-order valence-electron chi connectivity index (χ1n) is 7.91. The molecule has 0 saturated heterocycles. The van der Waals surface area contributed by atoms with E-state index in [-0.39, 0.29) is 5.56 Å². The summed E-state index contributed by atoms with van der Waals surface area (Å²) in [7, 11) is 0. The van der Waals surface area contributed by atoms with Crippen molar-refractivity contribution in [2.75, 3.05) is 0 Å². The minimum absolute atomic E-state index is 0.257. The third-order valence-corrected chi connectivity index (χ3v) is 4.10. The number of benzene rings is 2. The van der Waals surface area contributed by atoms with Gasteiger partial charge < -0.3 is 9.67 Å². The Hall–Kier alpha value is -3.47. The van der Waals surface area contributed by atoms with Crippen LogP contribution in [0.5, 0.6) is 0 Å². The van der Waals surface area contributed by atoms with E-state index >= 15 is 0 Å². The van der Waals surface area contributed by atoms with Crippen molar-refractivity contribution in [3.8, 4) is 11.4 Å². The van der Waals surface area contributed by atoms with Gasteiger partial charge in [0.15, 0.2) is 5.65 Å². The Morgan fingerprint density at radius 2 is 1.72 bits per heavy atom. The summed E-state index contributed by atoms with van der Waals surface area (Å²) in [5, 5.41) is 9.08. The van der Waals surface area contributed by atoms with Crippen LogP contribution >= 0.6 is 0 Å². The predicted molar refractivity (Wildman–Crippen MR) is 95.5 cm³/mol. The zero-order chi connectivity index (χ0) is 17.2. The molecule has 0 bridgehead atoms. The molecule has 0 radical (unpaired) electrons. The highest BCUT2D eigenvalue weighted by Gasteiger charge is 2.14. The number of rotatable bonds is 4. The van der Waals surface area contributed by atoms with Crippen molar-refractivity contribution in [2.24, 2.45) is 0 Å². The molecule has 0 unspecified atom stereocenters. The fourth-order valence-electron chi connectivity index (χ4n) is 2.87. The van der Waals surface area contributed by atoms with Crippen LogP contribution in [0.4, 0.5) is 0 Å². The van der Waals surface area contributed by atoms with Gasteiger partial charge in [-0.2, -0.15) is 0 Å². The molecule has 5 heteroatoms. The maximum atomic E-state index is 11.1. The molecule has 122 valence electrons.